The molecule has 0 saturated carbocycles. The van der Waals surface area contributed by atoms with Crippen molar-refractivity contribution in [1.29, 1.82) is 0 Å². The van der Waals surface area contributed by atoms with Crippen molar-refractivity contribution in [2.75, 3.05) is 10.6 Å². The average molecular weight is 369 g/mol. The molecule has 1 heterocycles. The number of anilines is 3. The molecule has 3 rings (SSSR count). The molecule has 0 amide bonds. The van der Waals surface area contributed by atoms with E-state index in [1.165, 1.54) is 11.1 Å². The van der Waals surface area contributed by atoms with E-state index in [1.54, 1.807) is 6.33 Å². The molecule has 0 fully saturated rings. The van der Waals surface area contributed by atoms with Crippen molar-refractivity contribution in [3.8, 4) is 0 Å². The number of benzene rings is 2. The molecule has 0 radical (unpaired) electrons. The molecular formula is C18H17BrN4. The van der Waals surface area contributed by atoms with Crippen LogP contribution < -0.4 is 10.6 Å². The van der Waals surface area contributed by atoms with E-state index in [0.29, 0.717) is 0 Å². The Morgan fingerprint density at radius 3 is 2.61 bits per heavy atom. The van der Waals surface area contributed by atoms with Gasteiger partial charge >= 0.3 is 0 Å². The Balaban J connectivity index is 1.67. The van der Waals surface area contributed by atoms with E-state index in [4.69, 9.17) is 0 Å². The minimum atomic E-state index is 0.731. The van der Waals surface area contributed by atoms with Gasteiger partial charge in [0.2, 0.25) is 0 Å². The first kappa shape index (κ1) is 15.5. The number of aromatic nitrogens is 2. The van der Waals surface area contributed by atoms with Crippen LogP contribution in [-0.4, -0.2) is 9.97 Å². The van der Waals surface area contributed by atoms with E-state index in [9.17, 15) is 0 Å². The van der Waals surface area contributed by atoms with Crippen molar-refractivity contribution in [2.45, 2.75) is 13.5 Å². The summed E-state index contributed by atoms with van der Waals surface area (Å²) in [5.74, 6) is 1.55. The molecular weight excluding hydrogens is 352 g/mol. The van der Waals surface area contributed by atoms with Crippen LogP contribution in [0.5, 0.6) is 0 Å². The molecule has 0 unspecified atom stereocenters. The Kier molecular flexibility index (Phi) is 4.88. The maximum absolute atomic E-state index is 4.26. The van der Waals surface area contributed by atoms with Crippen LogP contribution >= 0.6 is 15.9 Å². The lowest BCUT2D eigenvalue weighted by molar-refractivity contribution is 1.08. The minimum absolute atomic E-state index is 0.731. The molecule has 2 aromatic carbocycles. The molecule has 0 spiro atoms. The summed E-state index contributed by atoms with van der Waals surface area (Å²) in [5.41, 5.74) is 3.46. The van der Waals surface area contributed by atoms with Gasteiger partial charge in [0.15, 0.2) is 0 Å². The normalized spacial score (nSPS) is 10.3. The SMILES string of the molecule is Cc1cccc(CNc2cc(Nc3cccc(Br)c3)ncn2)c1. The molecule has 5 heteroatoms. The van der Waals surface area contributed by atoms with E-state index in [0.717, 1.165) is 28.3 Å². The van der Waals surface area contributed by atoms with Crippen LogP contribution in [0.15, 0.2) is 65.4 Å². The topological polar surface area (TPSA) is 49.8 Å². The van der Waals surface area contributed by atoms with Gasteiger partial charge in [-0.3, -0.25) is 0 Å². The van der Waals surface area contributed by atoms with Crippen LogP contribution in [0, 0.1) is 6.92 Å². The highest BCUT2D eigenvalue weighted by Crippen LogP contribution is 2.20. The van der Waals surface area contributed by atoms with Crippen molar-refractivity contribution in [2.24, 2.45) is 0 Å². The fourth-order valence-corrected chi connectivity index (χ4v) is 2.65. The van der Waals surface area contributed by atoms with Crippen molar-refractivity contribution in [1.82, 2.24) is 9.97 Å². The summed E-state index contributed by atoms with van der Waals surface area (Å²) in [4.78, 5) is 8.52. The fraction of sp³-hybridized carbons (Fsp3) is 0.111. The van der Waals surface area contributed by atoms with Gasteiger partial charge in [0, 0.05) is 22.8 Å². The second-order valence-corrected chi connectivity index (χ2v) is 6.18. The van der Waals surface area contributed by atoms with Gasteiger partial charge in [-0.05, 0) is 30.7 Å². The molecule has 0 aliphatic rings. The standard InChI is InChI=1S/C18H17BrN4/c1-13-4-2-5-14(8-13)11-20-17-10-18(22-12-21-17)23-16-7-3-6-15(19)9-16/h2-10,12H,11H2,1H3,(H2,20,21,22,23). The molecule has 1 aromatic heterocycles. The summed E-state index contributed by atoms with van der Waals surface area (Å²) in [6, 6.07) is 18.3. The third-order valence-electron chi connectivity index (χ3n) is 3.32. The van der Waals surface area contributed by atoms with E-state index >= 15 is 0 Å². The number of hydrogen-bond acceptors (Lipinski definition) is 4. The molecule has 0 atom stereocenters. The van der Waals surface area contributed by atoms with Crippen molar-refractivity contribution >= 4 is 33.3 Å². The Morgan fingerprint density at radius 1 is 0.957 bits per heavy atom. The zero-order chi connectivity index (χ0) is 16.1. The number of hydrogen-bond donors (Lipinski definition) is 2. The van der Waals surface area contributed by atoms with Crippen LogP contribution in [0.3, 0.4) is 0 Å². The molecule has 2 N–H and O–H groups in total. The van der Waals surface area contributed by atoms with Gasteiger partial charge in [-0.15, -0.1) is 0 Å². The maximum atomic E-state index is 4.26. The summed E-state index contributed by atoms with van der Waals surface area (Å²) in [7, 11) is 0. The molecule has 4 nitrogen and oxygen atoms in total. The lowest BCUT2D eigenvalue weighted by atomic mass is 10.1. The fourth-order valence-electron chi connectivity index (χ4n) is 2.25. The van der Waals surface area contributed by atoms with Gasteiger partial charge < -0.3 is 10.6 Å². The Bertz CT molecular complexity index is 804. The Labute approximate surface area is 144 Å². The molecule has 0 saturated heterocycles. The average Bonchev–Trinajstić information content (AvgIpc) is 2.53. The summed E-state index contributed by atoms with van der Waals surface area (Å²) in [6.45, 7) is 2.82. The van der Waals surface area contributed by atoms with Crippen LogP contribution in [0.1, 0.15) is 11.1 Å². The van der Waals surface area contributed by atoms with E-state index < -0.39 is 0 Å². The van der Waals surface area contributed by atoms with Crippen molar-refractivity contribution in [3.63, 3.8) is 0 Å². The first-order chi connectivity index (χ1) is 11.2. The lowest BCUT2D eigenvalue weighted by Crippen LogP contribution is -2.03. The van der Waals surface area contributed by atoms with Crippen LogP contribution in [0.25, 0.3) is 0 Å². The number of nitrogens with zero attached hydrogens (tertiary/aromatic N) is 2. The highest BCUT2D eigenvalue weighted by molar-refractivity contribution is 9.10. The van der Waals surface area contributed by atoms with Gasteiger partial charge in [-0.1, -0.05) is 51.8 Å². The second kappa shape index (κ2) is 7.24. The third kappa shape index (κ3) is 4.53. The van der Waals surface area contributed by atoms with Crippen LogP contribution in [0.4, 0.5) is 17.3 Å². The third-order valence-corrected chi connectivity index (χ3v) is 3.81. The maximum Gasteiger partial charge on any atom is 0.135 e. The van der Waals surface area contributed by atoms with E-state index in [1.807, 2.05) is 30.3 Å². The minimum Gasteiger partial charge on any atom is -0.366 e. The van der Waals surface area contributed by atoms with Gasteiger partial charge in [0.1, 0.15) is 18.0 Å². The number of rotatable bonds is 5. The Hall–Kier alpha value is -2.40. The zero-order valence-electron chi connectivity index (χ0n) is 12.8. The number of aryl methyl sites for hydroxylation is 1. The van der Waals surface area contributed by atoms with Crippen LogP contribution in [-0.2, 0) is 6.54 Å². The summed E-state index contributed by atoms with van der Waals surface area (Å²) < 4.78 is 1.02. The smallest absolute Gasteiger partial charge is 0.135 e. The van der Waals surface area contributed by atoms with Crippen LogP contribution in [0.2, 0.25) is 0 Å². The van der Waals surface area contributed by atoms with Crippen molar-refractivity contribution < 1.29 is 0 Å². The summed E-state index contributed by atoms with van der Waals surface area (Å²) in [5, 5.41) is 6.60. The summed E-state index contributed by atoms with van der Waals surface area (Å²) >= 11 is 3.46. The van der Waals surface area contributed by atoms with Gasteiger partial charge in [-0.2, -0.15) is 0 Å². The molecule has 23 heavy (non-hydrogen) atoms. The predicted octanol–water partition coefficient (Wildman–Crippen LogP) is 4.90. The number of nitrogens with one attached hydrogen (secondary N) is 2. The first-order valence-electron chi connectivity index (χ1n) is 7.33. The number of halogens is 1. The lowest BCUT2D eigenvalue weighted by Gasteiger charge is -2.09. The van der Waals surface area contributed by atoms with Gasteiger partial charge in [0.25, 0.3) is 0 Å². The predicted molar refractivity (Wildman–Crippen MR) is 98.0 cm³/mol. The highest BCUT2D eigenvalue weighted by atomic mass is 79.9. The van der Waals surface area contributed by atoms with E-state index in [-0.39, 0.29) is 0 Å². The highest BCUT2D eigenvalue weighted by Gasteiger charge is 2.01. The quantitative estimate of drug-likeness (QED) is 0.672. The molecule has 116 valence electrons. The zero-order valence-corrected chi connectivity index (χ0v) is 14.3. The molecule has 3 aromatic rings. The first-order valence-corrected chi connectivity index (χ1v) is 8.12. The molecule has 0 aliphatic heterocycles. The molecule has 0 aliphatic carbocycles. The monoisotopic (exact) mass is 368 g/mol. The molecule has 0 bridgehead atoms. The Morgan fingerprint density at radius 2 is 1.78 bits per heavy atom. The van der Waals surface area contributed by atoms with Crippen molar-refractivity contribution in [3.05, 3.63) is 76.5 Å². The largest absolute Gasteiger partial charge is 0.366 e. The second-order valence-electron chi connectivity index (χ2n) is 5.27. The van der Waals surface area contributed by atoms with E-state index in [2.05, 4.69) is 67.7 Å². The van der Waals surface area contributed by atoms with Gasteiger partial charge in [0.05, 0.1) is 0 Å². The van der Waals surface area contributed by atoms with Gasteiger partial charge in [-0.25, -0.2) is 9.97 Å². The summed E-state index contributed by atoms with van der Waals surface area (Å²) in [6.07, 6.45) is 1.55.